The fourth-order valence-corrected chi connectivity index (χ4v) is 3.23. The quantitative estimate of drug-likeness (QED) is 0.785. The molecule has 0 saturated carbocycles. The lowest BCUT2D eigenvalue weighted by atomic mass is 10.2. The Balaban J connectivity index is 1.47. The fraction of sp³-hybridized carbons (Fsp3) is 0.250. The van der Waals surface area contributed by atoms with Crippen LogP contribution in [0.1, 0.15) is 11.1 Å². The number of rotatable bonds is 5. The molecule has 4 heteroatoms. The Labute approximate surface area is 152 Å². The van der Waals surface area contributed by atoms with Crippen LogP contribution in [0.25, 0.3) is 6.08 Å². The van der Waals surface area contributed by atoms with E-state index in [1.165, 1.54) is 11.1 Å². The first kappa shape index (κ1) is 16.9. The van der Waals surface area contributed by atoms with E-state index < -0.39 is 0 Å². The lowest BCUT2D eigenvalue weighted by Crippen LogP contribution is -3.13. The third-order valence-electron chi connectivity index (χ3n) is 4.19. The zero-order valence-electron chi connectivity index (χ0n) is 13.7. The molecular weight excluding hydrogens is 362 g/mol. The number of nitrogens with one attached hydrogen (secondary N) is 1. The van der Waals surface area contributed by atoms with Crippen molar-refractivity contribution in [3.05, 3.63) is 76.3 Å². The number of hydrogen-bond donors (Lipinski definition) is 1. The fourth-order valence-electron chi connectivity index (χ4n) is 2.87. The van der Waals surface area contributed by atoms with E-state index in [1.807, 2.05) is 24.4 Å². The van der Waals surface area contributed by atoms with Crippen LogP contribution in [0, 0.1) is 0 Å². The van der Waals surface area contributed by atoms with E-state index in [2.05, 4.69) is 74.6 Å². The number of hydrogen-bond acceptors (Lipinski definition) is 2. The summed E-state index contributed by atoms with van der Waals surface area (Å²) in [6.45, 7) is 5.38. The topological polar surface area (TPSA) is 20.0 Å². The highest BCUT2D eigenvalue weighted by atomic mass is 79.9. The molecule has 1 aliphatic heterocycles. The van der Waals surface area contributed by atoms with Gasteiger partial charge in [-0.2, -0.15) is 5.10 Å². The van der Waals surface area contributed by atoms with Crippen LogP contribution in [0.5, 0.6) is 0 Å². The minimum atomic E-state index is 0.993. The van der Waals surface area contributed by atoms with E-state index in [1.54, 1.807) is 4.90 Å². The molecule has 1 N–H and O–H groups in total. The van der Waals surface area contributed by atoms with E-state index in [0.29, 0.717) is 0 Å². The van der Waals surface area contributed by atoms with Gasteiger partial charge < -0.3 is 4.90 Å². The molecule has 0 spiro atoms. The summed E-state index contributed by atoms with van der Waals surface area (Å²) in [6, 6.07) is 21.0. The highest BCUT2D eigenvalue weighted by Gasteiger charge is 2.18. The van der Waals surface area contributed by atoms with Crippen molar-refractivity contribution in [2.75, 3.05) is 26.2 Å². The number of hydrazone groups is 1. The van der Waals surface area contributed by atoms with E-state index in [-0.39, 0.29) is 0 Å². The first-order valence-electron chi connectivity index (χ1n) is 8.38. The summed E-state index contributed by atoms with van der Waals surface area (Å²) in [5, 5.41) is 6.76. The molecule has 0 radical (unpaired) electrons. The van der Waals surface area contributed by atoms with Crippen molar-refractivity contribution in [2.24, 2.45) is 5.10 Å². The molecule has 124 valence electrons. The molecule has 0 unspecified atom stereocenters. The van der Waals surface area contributed by atoms with Crippen LogP contribution < -0.4 is 4.90 Å². The first-order valence-corrected chi connectivity index (χ1v) is 9.17. The highest BCUT2D eigenvalue weighted by molar-refractivity contribution is 9.12. The van der Waals surface area contributed by atoms with Gasteiger partial charge in [-0.3, -0.25) is 5.01 Å². The molecule has 24 heavy (non-hydrogen) atoms. The van der Waals surface area contributed by atoms with Crippen LogP contribution in [-0.4, -0.2) is 37.4 Å². The number of quaternary nitrogens is 1. The van der Waals surface area contributed by atoms with Gasteiger partial charge in [0.25, 0.3) is 0 Å². The van der Waals surface area contributed by atoms with Crippen LogP contribution in [0.4, 0.5) is 0 Å². The summed E-state index contributed by atoms with van der Waals surface area (Å²) in [4.78, 5) is 1.63. The van der Waals surface area contributed by atoms with Crippen molar-refractivity contribution < 1.29 is 4.90 Å². The Morgan fingerprint density at radius 2 is 1.62 bits per heavy atom. The van der Waals surface area contributed by atoms with Crippen LogP contribution in [0.15, 0.2) is 70.2 Å². The SMILES string of the molecule is BrC(/C=N\N1CC[NH+](Cc2ccccc2)CC1)=C\c1ccccc1. The third-order valence-corrected chi connectivity index (χ3v) is 4.63. The molecule has 1 heterocycles. The number of benzene rings is 2. The Kier molecular flexibility index (Phi) is 6.21. The monoisotopic (exact) mass is 384 g/mol. The maximum absolute atomic E-state index is 4.60. The standard InChI is InChI=1S/C20H22BrN3/c21-20(15-18-7-3-1-4-8-18)16-22-24-13-11-23(12-14-24)17-19-9-5-2-6-10-19/h1-10,15-16H,11-14,17H2/p+1/b20-15-,22-16-. The molecule has 0 amide bonds. The normalized spacial score (nSPS) is 16.7. The first-order chi connectivity index (χ1) is 11.8. The molecule has 2 aromatic rings. The predicted octanol–water partition coefficient (Wildman–Crippen LogP) is 2.81. The van der Waals surface area contributed by atoms with Gasteiger partial charge in [-0.05, 0) is 27.6 Å². The van der Waals surface area contributed by atoms with Crippen LogP contribution in [0.3, 0.4) is 0 Å². The summed E-state index contributed by atoms with van der Waals surface area (Å²) < 4.78 is 0.993. The second-order valence-electron chi connectivity index (χ2n) is 6.05. The Bertz CT molecular complexity index is 675. The summed E-state index contributed by atoms with van der Waals surface area (Å²) in [6.07, 6.45) is 3.98. The summed E-state index contributed by atoms with van der Waals surface area (Å²) in [5.74, 6) is 0. The highest BCUT2D eigenvalue weighted by Crippen LogP contribution is 2.10. The summed E-state index contributed by atoms with van der Waals surface area (Å²) in [5.41, 5.74) is 2.59. The predicted molar refractivity (Wildman–Crippen MR) is 104 cm³/mol. The number of nitrogens with zero attached hydrogens (tertiary/aromatic N) is 2. The average molecular weight is 385 g/mol. The largest absolute Gasteiger partial charge is 0.328 e. The summed E-state index contributed by atoms with van der Waals surface area (Å²) in [7, 11) is 0. The molecule has 1 aliphatic rings. The molecule has 3 rings (SSSR count). The van der Waals surface area contributed by atoms with Crippen molar-refractivity contribution in [1.29, 1.82) is 0 Å². The van der Waals surface area contributed by atoms with Crippen molar-refractivity contribution in [1.82, 2.24) is 5.01 Å². The second-order valence-corrected chi connectivity index (χ2v) is 6.97. The van der Waals surface area contributed by atoms with Crippen molar-refractivity contribution >= 4 is 28.2 Å². The molecule has 0 bridgehead atoms. The lowest BCUT2D eigenvalue weighted by molar-refractivity contribution is -0.918. The van der Waals surface area contributed by atoms with Gasteiger partial charge >= 0.3 is 0 Å². The van der Waals surface area contributed by atoms with E-state index in [9.17, 15) is 0 Å². The van der Waals surface area contributed by atoms with Crippen LogP contribution >= 0.6 is 15.9 Å². The van der Waals surface area contributed by atoms with Gasteiger partial charge in [-0.15, -0.1) is 0 Å². The summed E-state index contributed by atoms with van der Waals surface area (Å²) >= 11 is 3.58. The van der Waals surface area contributed by atoms with E-state index in [4.69, 9.17) is 0 Å². The maximum Gasteiger partial charge on any atom is 0.103 e. The molecule has 0 atom stereocenters. The van der Waals surface area contributed by atoms with Gasteiger partial charge in [0.15, 0.2) is 0 Å². The Hall–Kier alpha value is -1.91. The van der Waals surface area contributed by atoms with E-state index >= 15 is 0 Å². The Morgan fingerprint density at radius 1 is 1.00 bits per heavy atom. The zero-order valence-corrected chi connectivity index (χ0v) is 15.3. The number of halogens is 1. The van der Waals surface area contributed by atoms with Crippen molar-refractivity contribution in [3.63, 3.8) is 0 Å². The Morgan fingerprint density at radius 3 is 2.29 bits per heavy atom. The van der Waals surface area contributed by atoms with Gasteiger partial charge in [0.1, 0.15) is 6.54 Å². The smallest absolute Gasteiger partial charge is 0.103 e. The molecule has 1 saturated heterocycles. The zero-order chi connectivity index (χ0) is 16.6. The number of allylic oxidation sites excluding steroid dienone is 1. The van der Waals surface area contributed by atoms with Crippen molar-refractivity contribution in [2.45, 2.75) is 6.54 Å². The second kappa shape index (κ2) is 8.81. The maximum atomic E-state index is 4.60. The van der Waals surface area contributed by atoms with Gasteiger partial charge in [-0.1, -0.05) is 60.7 Å². The third kappa shape index (κ3) is 5.32. The molecule has 0 aromatic heterocycles. The number of piperazine rings is 1. The molecule has 2 aromatic carbocycles. The lowest BCUT2D eigenvalue weighted by Gasteiger charge is -2.30. The minimum absolute atomic E-state index is 0.993. The molecule has 3 nitrogen and oxygen atoms in total. The van der Waals surface area contributed by atoms with Crippen molar-refractivity contribution in [3.8, 4) is 0 Å². The van der Waals surface area contributed by atoms with E-state index in [0.717, 1.165) is 37.2 Å². The van der Waals surface area contributed by atoms with Crippen LogP contribution in [0.2, 0.25) is 0 Å². The molecule has 1 fully saturated rings. The average Bonchev–Trinajstić information content (AvgIpc) is 2.63. The van der Waals surface area contributed by atoms with Gasteiger partial charge in [0.05, 0.1) is 32.4 Å². The van der Waals surface area contributed by atoms with Gasteiger partial charge in [0, 0.05) is 10.0 Å². The molecule has 0 aliphatic carbocycles. The molecular formula is C20H23BrN3+. The van der Waals surface area contributed by atoms with Gasteiger partial charge in [-0.25, -0.2) is 0 Å². The van der Waals surface area contributed by atoms with Crippen LogP contribution in [-0.2, 0) is 6.54 Å². The van der Waals surface area contributed by atoms with Gasteiger partial charge in [0.2, 0.25) is 0 Å². The minimum Gasteiger partial charge on any atom is -0.328 e.